The molecule has 2 aromatic heterocycles. The Morgan fingerprint density at radius 1 is 1.29 bits per heavy atom. The highest BCUT2D eigenvalue weighted by atomic mass is 16.3. The Labute approximate surface area is 81.0 Å². The van der Waals surface area contributed by atoms with Crippen LogP contribution in [0.25, 0.3) is 11.4 Å². The predicted octanol–water partition coefficient (Wildman–Crippen LogP) is 0.332. The van der Waals surface area contributed by atoms with Crippen molar-refractivity contribution in [3.8, 4) is 11.4 Å². The first-order valence-electron chi connectivity index (χ1n) is 4.32. The van der Waals surface area contributed by atoms with Crippen molar-refractivity contribution in [3.05, 3.63) is 30.6 Å². The molecular formula is C9H10N4O. The summed E-state index contributed by atoms with van der Waals surface area (Å²) < 4.78 is 1.59. The summed E-state index contributed by atoms with van der Waals surface area (Å²) in [5, 5.41) is 16.5. The Kier molecular flexibility index (Phi) is 2.51. The van der Waals surface area contributed by atoms with Crippen LogP contribution in [0.15, 0.2) is 30.6 Å². The summed E-state index contributed by atoms with van der Waals surface area (Å²) in [6, 6.07) is 5.61. The van der Waals surface area contributed by atoms with Gasteiger partial charge in [-0.05, 0) is 12.1 Å². The summed E-state index contributed by atoms with van der Waals surface area (Å²) >= 11 is 0. The fourth-order valence-electron chi connectivity index (χ4n) is 1.14. The van der Waals surface area contributed by atoms with Gasteiger partial charge in [0.15, 0.2) is 0 Å². The molecule has 0 fully saturated rings. The molecule has 0 radical (unpaired) electrons. The highest BCUT2D eigenvalue weighted by Gasteiger charge is 2.03. The van der Waals surface area contributed by atoms with E-state index in [0.717, 1.165) is 11.4 Å². The molecule has 0 aliphatic carbocycles. The normalized spacial score (nSPS) is 10.4. The number of hydrogen-bond acceptors (Lipinski definition) is 4. The van der Waals surface area contributed by atoms with Gasteiger partial charge >= 0.3 is 0 Å². The topological polar surface area (TPSA) is 63.8 Å². The van der Waals surface area contributed by atoms with Crippen LogP contribution in [-0.4, -0.2) is 31.7 Å². The maximum absolute atomic E-state index is 8.70. The minimum absolute atomic E-state index is 0.0605. The summed E-state index contributed by atoms with van der Waals surface area (Å²) in [5.41, 5.74) is 1.51. The lowest BCUT2D eigenvalue weighted by Gasteiger charge is -1.93. The number of aromatic nitrogens is 4. The molecule has 0 unspecified atom stereocenters. The highest BCUT2D eigenvalue weighted by Crippen LogP contribution is 2.10. The van der Waals surface area contributed by atoms with Crippen LogP contribution in [0.2, 0.25) is 0 Å². The maximum atomic E-state index is 8.70. The summed E-state index contributed by atoms with van der Waals surface area (Å²) in [4.78, 5) is 4.14. The summed E-state index contributed by atoms with van der Waals surface area (Å²) in [5.74, 6) is 0. The first-order chi connectivity index (χ1) is 6.90. The molecule has 1 N–H and O–H groups in total. The smallest absolute Gasteiger partial charge is 0.131 e. The Bertz CT molecular complexity index is 398. The largest absolute Gasteiger partial charge is 0.394 e. The Hall–Kier alpha value is -1.75. The number of hydrogen-bond donors (Lipinski definition) is 1. The third kappa shape index (κ3) is 1.77. The van der Waals surface area contributed by atoms with E-state index < -0.39 is 0 Å². The lowest BCUT2D eigenvalue weighted by molar-refractivity contribution is 0.268. The van der Waals surface area contributed by atoms with Gasteiger partial charge < -0.3 is 5.11 Å². The fourth-order valence-corrected chi connectivity index (χ4v) is 1.14. The van der Waals surface area contributed by atoms with Crippen molar-refractivity contribution >= 4 is 0 Å². The Balaban J connectivity index is 2.25. The van der Waals surface area contributed by atoms with Crippen LogP contribution in [-0.2, 0) is 6.54 Å². The van der Waals surface area contributed by atoms with Crippen molar-refractivity contribution in [2.24, 2.45) is 0 Å². The summed E-state index contributed by atoms with van der Waals surface area (Å²) in [6.07, 6.45) is 3.47. The third-order valence-electron chi connectivity index (χ3n) is 1.80. The quantitative estimate of drug-likeness (QED) is 0.757. The van der Waals surface area contributed by atoms with Crippen LogP contribution < -0.4 is 0 Å². The van der Waals surface area contributed by atoms with E-state index in [0.29, 0.717) is 6.54 Å². The molecular weight excluding hydrogens is 180 g/mol. The molecule has 2 aromatic rings. The number of aliphatic hydroxyl groups excluding tert-OH is 1. The number of nitrogens with zero attached hydrogens (tertiary/aromatic N) is 4. The summed E-state index contributed by atoms with van der Waals surface area (Å²) in [7, 11) is 0. The molecule has 5 nitrogen and oxygen atoms in total. The van der Waals surface area contributed by atoms with Gasteiger partial charge in [-0.3, -0.25) is 4.98 Å². The molecule has 0 aliphatic rings. The molecule has 0 aliphatic heterocycles. The zero-order chi connectivity index (χ0) is 9.80. The Morgan fingerprint density at radius 3 is 2.93 bits per heavy atom. The molecule has 72 valence electrons. The second-order valence-electron chi connectivity index (χ2n) is 2.81. The molecule has 0 atom stereocenters. The van der Waals surface area contributed by atoms with Crippen molar-refractivity contribution < 1.29 is 5.11 Å². The van der Waals surface area contributed by atoms with E-state index in [4.69, 9.17) is 5.11 Å². The molecule has 0 amide bonds. The van der Waals surface area contributed by atoms with E-state index in [2.05, 4.69) is 15.3 Å². The first kappa shape index (κ1) is 8.83. The average molecular weight is 190 g/mol. The zero-order valence-electron chi connectivity index (χ0n) is 7.54. The standard InChI is InChI=1S/C9H10N4O/c14-6-5-13-7-9(11-12-13)8-3-1-2-4-10-8/h1-4,7,14H,5-6H2. The number of aliphatic hydroxyl groups is 1. The predicted molar refractivity (Wildman–Crippen MR) is 50.3 cm³/mol. The van der Waals surface area contributed by atoms with Gasteiger partial charge in [0.1, 0.15) is 5.69 Å². The molecule has 0 bridgehead atoms. The molecule has 14 heavy (non-hydrogen) atoms. The third-order valence-corrected chi connectivity index (χ3v) is 1.80. The van der Waals surface area contributed by atoms with Gasteiger partial charge in [0, 0.05) is 6.20 Å². The van der Waals surface area contributed by atoms with Gasteiger partial charge in [0.2, 0.25) is 0 Å². The van der Waals surface area contributed by atoms with Gasteiger partial charge in [-0.2, -0.15) is 0 Å². The van der Waals surface area contributed by atoms with E-state index in [-0.39, 0.29) is 6.61 Å². The second-order valence-corrected chi connectivity index (χ2v) is 2.81. The van der Waals surface area contributed by atoms with E-state index in [1.165, 1.54) is 0 Å². The molecule has 2 heterocycles. The molecule has 2 rings (SSSR count). The number of pyridine rings is 1. The second kappa shape index (κ2) is 3.97. The average Bonchev–Trinajstić information content (AvgIpc) is 2.68. The molecule has 0 saturated heterocycles. The van der Waals surface area contributed by atoms with Gasteiger partial charge in [0.05, 0.1) is 25.0 Å². The van der Waals surface area contributed by atoms with Crippen molar-refractivity contribution in [1.29, 1.82) is 0 Å². The summed E-state index contributed by atoms with van der Waals surface area (Å²) in [6.45, 7) is 0.519. The van der Waals surface area contributed by atoms with E-state index in [9.17, 15) is 0 Å². The van der Waals surface area contributed by atoms with Crippen molar-refractivity contribution in [3.63, 3.8) is 0 Å². The van der Waals surface area contributed by atoms with Crippen LogP contribution in [0.4, 0.5) is 0 Å². The minimum Gasteiger partial charge on any atom is -0.394 e. The van der Waals surface area contributed by atoms with Crippen molar-refractivity contribution in [2.75, 3.05) is 6.61 Å². The lowest BCUT2D eigenvalue weighted by Crippen LogP contribution is -2.01. The van der Waals surface area contributed by atoms with E-state index in [1.807, 2.05) is 18.2 Å². The highest BCUT2D eigenvalue weighted by molar-refractivity contribution is 5.51. The van der Waals surface area contributed by atoms with Gasteiger partial charge in [-0.1, -0.05) is 11.3 Å². The molecule has 0 saturated carbocycles. The van der Waals surface area contributed by atoms with Crippen molar-refractivity contribution in [1.82, 2.24) is 20.0 Å². The van der Waals surface area contributed by atoms with Crippen LogP contribution in [0.5, 0.6) is 0 Å². The number of rotatable bonds is 3. The van der Waals surface area contributed by atoms with Crippen LogP contribution >= 0.6 is 0 Å². The van der Waals surface area contributed by atoms with Crippen molar-refractivity contribution in [2.45, 2.75) is 6.54 Å². The Morgan fingerprint density at radius 2 is 2.21 bits per heavy atom. The molecule has 0 spiro atoms. The molecule has 0 aromatic carbocycles. The lowest BCUT2D eigenvalue weighted by atomic mass is 10.3. The SMILES string of the molecule is OCCn1cc(-c2ccccn2)nn1. The first-order valence-corrected chi connectivity index (χ1v) is 4.32. The fraction of sp³-hybridized carbons (Fsp3) is 0.222. The maximum Gasteiger partial charge on any atom is 0.131 e. The zero-order valence-corrected chi connectivity index (χ0v) is 7.54. The van der Waals surface area contributed by atoms with Crippen LogP contribution in [0.1, 0.15) is 0 Å². The molecule has 5 heteroatoms. The van der Waals surface area contributed by atoms with E-state index >= 15 is 0 Å². The van der Waals surface area contributed by atoms with Crippen LogP contribution in [0, 0.1) is 0 Å². The van der Waals surface area contributed by atoms with Gasteiger partial charge in [0.25, 0.3) is 0 Å². The van der Waals surface area contributed by atoms with E-state index in [1.54, 1.807) is 17.1 Å². The van der Waals surface area contributed by atoms with Gasteiger partial charge in [-0.25, -0.2) is 4.68 Å². The van der Waals surface area contributed by atoms with Crippen LogP contribution in [0.3, 0.4) is 0 Å². The monoisotopic (exact) mass is 190 g/mol. The minimum atomic E-state index is 0.0605. The van der Waals surface area contributed by atoms with Gasteiger partial charge in [-0.15, -0.1) is 5.10 Å².